The van der Waals surface area contributed by atoms with Crippen LogP contribution in [0.25, 0.3) is 0 Å². The van der Waals surface area contributed by atoms with Gasteiger partial charge in [0.2, 0.25) is 5.91 Å². The second kappa shape index (κ2) is 6.30. The van der Waals surface area contributed by atoms with Crippen molar-refractivity contribution < 1.29 is 9.59 Å². The summed E-state index contributed by atoms with van der Waals surface area (Å²) in [5, 5.41) is 7.45. The highest BCUT2D eigenvalue weighted by Gasteiger charge is 2.14. The molecule has 0 heterocycles. The van der Waals surface area contributed by atoms with E-state index in [0.717, 1.165) is 11.3 Å². The van der Waals surface area contributed by atoms with E-state index in [-0.39, 0.29) is 0 Å². The number of urea groups is 1. The maximum Gasteiger partial charge on any atom is 0.321 e. The average Bonchev–Trinajstić information content (AvgIpc) is 2.38. The molecule has 0 bridgehead atoms. The van der Waals surface area contributed by atoms with Gasteiger partial charge in [0.25, 0.3) is 0 Å². The van der Waals surface area contributed by atoms with Gasteiger partial charge in [0.1, 0.15) is 6.04 Å². The molecule has 0 fully saturated rings. The number of nitrogens with one attached hydrogen (secondary N) is 3. The molecule has 3 N–H and O–H groups in total. The number of anilines is 1. The molecule has 1 rings (SSSR count). The van der Waals surface area contributed by atoms with E-state index in [0.29, 0.717) is 0 Å². The molecule has 1 unspecified atom stereocenters. The minimum absolute atomic E-state index is 0.416. The summed E-state index contributed by atoms with van der Waals surface area (Å²) in [5.41, 5.74) is 1.45. The molecule has 3 amide bonds. The maximum absolute atomic E-state index is 11.6. The third kappa shape index (κ3) is 3.83. The lowest BCUT2D eigenvalue weighted by atomic mass is 10.2. The maximum atomic E-state index is 11.6. The summed E-state index contributed by atoms with van der Waals surface area (Å²) in [5.74, 6) is 2.09. The number of imide groups is 1. The Kier molecular flexibility index (Phi) is 4.76. The lowest BCUT2D eigenvalue weighted by Gasteiger charge is -2.14. The van der Waals surface area contributed by atoms with Crippen molar-refractivity contribution >= 4 is 17.6 Å². The number of carbonyl (C=O) groups excluding carboxylic acids is 2. The van der Waals surface area contributed by atoms with Crippen LogP contribution in [0.15, 0.2) is 24.3 Å². The van der Waals surface area contributed by atoms with Gasteiger partial charge in [0.05, 0.1) is 0 Å². The predicted octanol–water partition coefficient (Wildman–Crippen LogP) is 0.924. The van der Waals surface area contributed by atoms with Gasteiger partial charge in [-0.05, 0) is 25.1 Å². The van der Waals surface area contributed by atoms with Crippen LogP contribution in [0.5, 0.6) is 0 Å². The quantitative estimate of drug-likeness (QED) is 0.694. The highest BCUT2D eigenvalue weighted by Crippen LogP contribution is 2.10. The molecule has 0 radical (unpaired) electrons. The Morgan fingerprint density at radius 1 is 1.39 bits per heavy atom. The Morgan fingerprint density at radius 2 is 2.11 bits per heavy atom. The van der Waals surface area contributed by atoms with Gasteiger partial charge >= 0.3 is 6.03 Å². The van der Waals surface area contributed by atoms with Gasteiger partial charge in [0, 0.05) is 18.3 Å². The van der Waals surface area contributed by atoms with Crippen molar-refractivity contribution in [1.29, 1.82) is 0 Å². The van der Waals surface area contributed by atoms with Crippen LogP contribution >= 0.6 is 0 Å². The second-order valence-electron chi connectivity index (χ2n) is 3.66. The number of amides is 3. The summed E-state index contributed by atoms with van der Waals surface area (Å²) < 4.78 is 0. The van der Waals surface area contributed by atoms with Gasteiger partial charge in [-0.15, -0.1) is 6.42 Å². The average molecular weight is 245 g/mol. The molecule has 1 aromatic rings. The third-order valence-corrected chi connectivity index (χ3v) is 2.27. The summed E-state index contributed by atoms with van der Waals surface area (Å²) in [6.45, 7) is 1.65. The number of hydrogen-bond acceptors (Lipinski definition) is 3. The fraction of sp³-hybridized carbons (Fsp3) is 0.231. The van der Waals surface area contributed by atoms with Gasteiger partial charge in [-0.25, -0.2) is 4.79 Å². The summed E-state index contributed by atoms with van der Waals surface area (Å²) in [6, 6.07) is 6.05. The molecule has 0 aliphatic carbocycles. The van der Waals surface area contributed by atoms with Gasteiger partial charge in [-0.3, -0.25) is 10.1 Å². The van der Waals surface area contributed by atoms with Crippen molar-refractivity contribution in [1.82, 2.24) is 10.6 Å². The van der Waals surface area contributed by atoms with E-state index in [4.69, 9.17) is 6.42 Å². The lowest BCUT2D eigenvalue weighted by molar-refractivity contribution is -0.120. The van der Waals surface area contributed by atoms with Crippen molar-refractivity contribution in [3.8, 4) is 12.3 Å². The lowest BCUT2D eigenvalue weighted by Crippen LogP contribution is -2.44. The van der Waals surface area contributed by atoms with Crippen LogP contribution in [0.1, 0.15) is 12.5 Å². The van der Waals surface area contributed by atoms with Gasteiger partial charge in [-0.2, -0.15) is 0 Å². The minimum atomic E-state index is -0.546. The largest absolute Gasteiger partial charge is 0.374 e. The summed E-state index contributed by atoms with van der Waals surface area (Å²) in [6.07, 6.45) is 5.28. The van der Waals surface area contributed by atoms with Gasteiger partial charge < -0.3 is 10.6 Å². The van der Waals surface area contributed by atoms with E-state index < -0.39 is 18.0 Å². The molecule has 0 aromatic heterocycles. The van der Waals surface area contributed by atoms with E-state index in [9.17, 15) is 9.59 Å². The van der Waals surface area contributed by atoms with Crippen molar-refractivity contribution in [2.45, 2.75) is 13.0 Å². The molecule has 0 saturated carbocycles. The molecule has 5 nitrogen and oxygen atoms in total. The molecule has 0 aliphatic rings. The standard InChI is InChI=1S/C13H15N3O2/c1-4-10-6-5-7-11(8-10)15-9(2)12(17)16-13(18)14-3/h1,5-9,15H,2-3H3,(H2,14,16,17,18). The Bertz CT molecular complexity index is 491. The second-order valence-corrected chi connectivity index (χ2v) is 3.66. The van der Waals surface area contributed by atoms with Gasteiger partial charge in [0.15, 0.2) is 0 Å². The first-order chi connectivity index (χ1) is 8.56. The molecule has 0 saturated heterocycles. The monoisotopic (exact) mass is 245 g/mol. The van der Waals surface area contributed by atoms with E-state index in [1.54, 1.807) is 31.2 Å². The van der Waals surface area contributed by atoms with Crippen LogP contribution in [0.2, 0.25) is 0 Å². The first kappa shape index (κ1) is 13.6. The van der Waals surface area contributed by atoms with Crippen LogP contribution in [0.4, 0.5) is 10.5 Å². The normalized spacial score (nSPS) is 10.9. The zero-order valence-electron chi connectivity index (χ0n) is 10.3. The fourth-order valence-corrected chi connectivity index (χ4v) is 1.30. The third-order valence-electron chi connectivity index (χ3n) is 2.27. The number of terminal acetylenes is 1. The number of hydrogen-bond donors (Lipinski definition) is 3. The van der Waals surface area contributed by atoms with E-state index >= 15 is 0 Å². The van der Waals surface area contributed by atoms with Crippen LogP contribution < -0.4 is 16.0 Å². The number of carbonyl (C=O) groups is 2. The van der Waals surface area contributed by atoms with Gasteiger partial charge in [-0.1, -0.05) is 12.0 Å². The molecule has 18 heavy (non-hydrogen) atoms. The highest BCUT2D eigenvalue weighted by atomic mass is 16.2. The Balaban J connectivity index is 2.64. The molecular formula is C13H15N3O2. The first-order valence-electron chi connectivity index (χ1n) is 5.42. The Morgan fingerprint density at radius 3 is 2.72 bits per heavy atom. The molecule has 0 aliphatic heterocycles. The van der Waals surface area contributed by atoms with E-state index in [1.165, 1.54) is 7.05 Å². The number of rotatable bonds is 3. The smallest absolute Gasteiger partial charge is 0.321 e. The predicted molar refractivity (Wildman–Crippen MR) is 70.1 cm³/mol. The van der Waals surface area contributed by atoms with Crippen LogP contribution in [0.3, 0.4) is 0 Å². The molecule has 0 spiro atoms. The zero-order chi connectivity index (χ0) is 13.5. The van der Waals surface area contributed by atoms with Crippen LogP contribution in [0, 0.1) is 12.3 Å². The van der Waals surface area contributed by atoms with Crippen molar-refractivity contribution in [2.75, 3.05) is 12.4 Å². The summed E-state index contributed by atoms with van der Waals surface area (Å²) in [4.78, 5) is 22.6. The van der Waals surface area contributed by atoms with E-state index in [1.807, 2.05) is 0 Å². The number of benzene rings is 1. The summed E-state index contributed by atoms with van der Waals surface area (Å²) in [7, 11) is 1.44. The SMILES string of the molecule is C#Cc1cccc(NC(C)C(=O)NC(=O)NC)c1. The van der Waals surface area contributed by atoms with Crippen molar-refractivity contribution in [3.05, 3.63) is 29.8 Å². The highest BCUT2D eigenvalue weighted by molar-refractivity contribution is 5.97. The minimum Gasteiger partial charge on any atom is -0.374 e. The topological polar surface area (TPSA) is 70.2 Å². The zero-order valence-corrected chi connectivity index (χ0v) is 10.3. The Hall–Kier alpha value is -2.48. The molecule has 5 heteroatoms. The van der Waals surface area contributed by atoms with Crippen LogP contribution in [-0.2, 0) is 4.79 Å². The summed E-state index contributed by atoms with van der Waals surface area (Å²) >= 11 is 0. The van der Waals surface area contributed by atoms with E-state index in [2.05, 4.69) is 21.9 Å². The molecule has 1 aromatic carbocycles. The van der Waals surface area contributed by atoms with Crippen molar-refractivity contribution in [2.24, 2.45) is 0 Å². The first-order valence-corrected chi connectivity index (χ1v) is 5.42. The molecular weight excluding hydrogens is 230 g/mol. The fourth-order valence-electron chi connectivity index (χ4n) is 1.30. The molecule has 94 valence electrons. The molecule has 1 atom stereocenters. The van der Waals surface area contributed by atoms with Crippen LogP contribution in [-0.4, -0.2) is 25.0 Å². The Labute approximate surface area is 106 Å². The van der Waals surface area contributed by atoms with Crippen molar-refractivity contribution in [3.63, 3.8) is 0 Å².